The molecule has 0 aliphatic carbocycles. The molecule has 0 heterocycles. The Morgan fingerprint density at radius 1 is 1.16 bits per heavy atom. The van der Waals surface area contributed by atoms with Crippen LogP contribution in [0, 0.1) is 0 Å². The summed E-state index contributed by atoms with van der Waals surface area (Å²) in [5.41, 5.74) is 2.83. The van der Waals surface area contributed by atoms with Crippen molar-refractivity contribution in [3.8, 4) is 5.75 Å². The summed E-state index contributed by atoms with van der Waals surface area (Å²) < 4.78 is 5.22. The lowest BCUT2D eigenvalue weighted by molar-refractivity contribution is -0.106. The number of para-hydroxylation sites is 1. The van der Waals surface area contributed by atoms with E-state index < -0.39 is 0 Å². The molecule has 0 N–H and O–H groups in total. The zero-order valence-electron chi connectivity index (χ0n) is 11.2. The van der Waals surface area contributed by atoms with Gasteiger partial charge >= 0.3 is 0 Å². The van der Waals surface area contributed by atoms with E-state index in [4.69, 9.17) is 4.74 Å². The highest BCUT2D eigenvalue weighted by molar-refractivity contribution is 5.87. The normalized spacial score (nSPS) is 10.0. The molecule has 19 heavy (non-hydrogen) atoms. The van der Waals surface area contributed by atoms with Crippen LogP contribution in [0.3, 0.4) is 0 Å². The number of anilines is 2. The highest BCUT2D eigenvalue weighted by atomic mass is 16.5. The van der Waals surface area contributed by atoms with Crippen LogP contribution >= 0.6 is 0 Å². The maximum Gasteiger partial charge on any atom is 0.218 e. The van der Waals surface area contributed by atoms with Gasteiger partial charge in [-0.2, -0.15) is 0 Å². The number of carbonyl (C=O) groups excluding carboxylic acids is 1. The number of hydrogen-bond donors (Lipinski definition) is 0. The Balaban J connectivity index is 2.46. The van der Waals surface area contributed by atoms with E-state index in [0.29, 0.717) is 0 Å². The highest BCUT2D eigenvalue weighted by Crippen LogP contribution is 2.30. The van der Waals surface area contributed by atoms with E-state index in [2.05, 4.69) is 6.92 Å². The molecule has 3 heteroatoms. The standard InChI is InChI=1S/C16H17NO2/c1-3-13-11-15(19-2)9-10-16(13)17(12-18)14-7-5-4-6-8-14/h4-12H,3H2,1-2H3. The summed E-state index contributed by atoms with van der Waals surface area (Å²) in [6.07, 6.45) is 1.68. The number of methoxy groups -OCH3 is 1. The minimum atomic E-state index is 0.805. The average molecular weight is 255 g/mol. The van der Waals surface area contributed by atoms with Crippen molar-refractivity contribution in [2.45, 2.75) is 13.3 Å². The molecular formula is C16H17NO2. The predicted molar refractivity (Wildman–Crippen MR) is 77.0 cm³/mol. The van der Waals surface area contributed by atoms with Gasteiger partial charge < -0.3 is 4.74 Å². The fraction of sp³-hybridized carbons (Fsp3) is 0.188. The number of nitrogens with zero attached hydrogens (tertiary/aromatic N) is 1. The van der Waals surface area contributed by atoms with Crippen LogP contribution in [0.15, 0.2) is 48.5 Å². The van der Waals surface area contributed by atoms with Crippen molar-refractivity contribution >= 4 is 17.8 Å². The summed E-state index contributed by atoms with van der Waals surface area (Å²) >= 11 is 0. The molecule has 2 rings (SSSR count). The van der Waals surface area contributed by atoms with Crippen molar-refractivity contribution in [2.24, 2.45) is 0 Å². The summed E-state index contributed by atoms with van der Waals surface area (Å²) in [7, 11) is 1.64. The van der Waals surface area contributed by atoms with Crippen LogP contribution in [0.1, 0.15) is 12.5 Å². The first kappa shape index (κ1) is 13.1. The van der Waals surface area contributed by atoms with E-state index in [9.17, 15) is 4.79 Å². The topological polar surface area (TPSA) is 29.5 Å². The van der Waals surface area contributed by atoms with Crippen LogP contribution in [0.5, 0.6) is 5.75 Å². The van der Waals surface area contributed by atoms with E-state index in [1.54, 1.807) is 12.0 Å². The van der Waals surface area contributed by atoms with Gasteiger partial charge in [-0.3, -0.25) is 9.69 Å². The third-order valence-electron chi connectivity index (χ3n) is 3.07. The first-order valence-corrected chi connectivity index (χ1v) is 6.26. The minimum Gasteiger partial charge on any atom is -0.497 e. The molecular weight excluding hydrogens is 238 g/mol. The number of rotatable bonds is 5. The Morgan fingerprint density at radius 2 is 1.89 bits per heavy atom. The lowest BCUT2D eigenvalue weighted by Gasteiger charge is -2.21. The zero-order chi connectivity index (χ0) is 13.7. The molecule has 0 fully saturated rings. The van der Waals surface area contributed by atoms with Gasteiger partial charge in [-0.05, 0) is 42.3 Å². The molecule has 0 aromatic heterocycles. The van der Waals surface area contributed by atoms with Gasteiger partial charge in [0.15, 0.2) is 0 Å². The number of benzene rings is 2. The molecule has 0 spiro atoms. The van der Waals surface area contributed by atoms with Gasteiger partial charge in [0.05, 0.1) is 12.8 Å². The van der Waals surface area contributed by atoms with Crippen molar-refractivity contribution in [2.75, 3.05) is 12.0 Å². The van der Waals surface area contributed by atoms with Crippen molar-refractivity contribution in [3.63, 3.8) is 0 Å². The Hall–Kier alpha value is -2.29. The molecule has 0 radical (unpaired) electrons. The molecule has 2 aromatic carbocycles. The first-order chi connectivity index (χ1) is 9.30. The van der Waals surface area contributed by atoms with Crippen molar-refractivity contribution in [3.05, 3.63) is 54.1 Å². The highest BCUT2D eigenvalue weighted by Gasteiger charge is 2.12. The maximum atomic E-state index is 11.4. The van der Waals surface area contributed by atoms with Crippen molar-refractivity contribution in [1.29, 1.82) is 0 Å². The lowest BCUT2D eigenvalue weighted by atomic mass is 10.1. The van der Waals surface area contributed by atoms with Crippen molar-refractivity contribution < 1.29 is 9.53 Å². The molecule has 0 saturated heterocycles. The largest absolute Gasteiger partial charge is 0.497 e. The summed E-state index contributed by atoms with van der Waals surface area (Å²) in [6.45, 7) is 2.06. The third kappa shape index (κ3) is 2.76. The van der Waals surface area contributed by atoms with Crippen LogP contribution in [-0.2, 0) is 11.2 Å². The Labute approximate surface area is 113 Å². The predicted octanol–water partition coefficient (Wildman–Crippen LogP) is 3.55. The molecule has 0 saturated carbocycles. The molecule has 0 aliphatic heterocycles. The quantitative estimate of drug-likeness (QED) is 0.765. The van der Waals surface area contributed by atoms with E-state index in [0.717, 1.165) is 35.5 Å². The van der Waals surface area contributed by atoms with Crippen LogP contribution in [-0.4, -0.2) is 13.5 Å². The van der Waals surface area contributed by atoms with Gasteiger partial charge in [0.2, 0.25) is 6.41 Å². The van der Waals surface area contributed by atoms with E-state index in [-0.39, 0.29) is 0 Å². The number of amides is 1. The van der Waals surface area contributed by atoms with Gasteiger partial charge in [-0.15, -0.1) is 0 Å². The summed E-state index contributed by atoms with van der Waals surface area (Å²) in [5, 5.41) is 0. The molecule has 1 amide bonds. The van der Waals surface area contributed by atoms with Gasteiger partial charge in [-0.1, -0.05) is 25.1 Å². The fourth-order valence-corrected chi connectivity index (χ4v) is 2.05. The number of carbonyl (C=O) groups is 1. The maximum absolute atomic E-state index is 11.4. The average Bonchev–Trinajstić information content (AvgIpc) is 2.49. The molecule has 3 nitrogen and oxygen atoms in total. The number of aryl methyl sites for hydroxylation is 1. The molecule has 0 bridgehead atoms. The fourth-order valence-electron chi connectivity index (χ4n) is 2.05. The first-order valence-electron chi connectivity index (χ1n) is 6.26. The minimum absolute atomic E-state index is 0.805. The number of ether oxygens (including phenoxy) is 1. The molecule has 0 aliphatic rings. The zero-order valence-corrected chi connectivity index (χ0v) is 11.2. The summed E-state index contributed by atoms with van der Waals surface area (Å²) in [4.78, 5) is 13.1. The molecule has 2 aromatic rings. The smallest absolute Gasteiger partial charge is 0.218 e. The molecule has 98 valence electrons. The lowest BCUT2D eigenvalue weighted by Crippen LogP contribution is -2.15. The Morgan fingerprint density at radius 3 is 2.47 bits per heavy atom. The molecule has 0 atom stereocenters. The SMILES string of the molecule is CCc1cc(OC)ccc1N(C=O)c1ccccc1. The summed E-state index contributed by atoms with van der Waals surface area (Å²) in [6, 6.07) is 15.3. The van der Waals surface area contributed by atoms with Gasteiger partial charge in [0, 0.05) is 5.69 Å². The molecule has 0 unspecified atom stereocenters. The second-order valence-corrected chi connectivity index (χ2v) is 4.16. The second kappa shape index (κ2) is 6.05. The van der Waals surface area contributed by atoms with Gasteiger partial charge in [0.1, 0.15) is 5.75 Å². The monoisotopic (exact) mass is 255 g/mol. The third-order valence-corrected chi connectivity index (χ3v) is 3.07. The van der Waals surface area contributed by atoms with Gasteiger partial charge in [-0.25, -0.2) is 0 Å². The van der Waals surface area contributed by atoms with E-state index >= 15 is 0 Å². The second-order valence-electron chi connectivity index (χ2n) is 4.16. The van der Waals surface area contributed by atoms with E-state index in [1.165, 1.54) is 0 Å². The van der Waals surface area contributed by atoms with Crippen LogP contribution in [0.4, 0.5) is 11.4 Å². The van der Waals surface area contributed by atoms with Crippen LogP contribution < -0.4 is 9.64 Å². The van der Waals surface area contributed by atoms with Crippen molar-refractivity contribution in [1.82, 2.24) is 0 Å². The van der Waals surface area contributed by atoms with E-state index in [1.807, 2.05) is 48.5 Å². The number of hydrogen-bond acceptors (Lipinski definition) is 2. The van der Waals surface area contributed by atoms with Gasteiger partial charge in [0.25, 0.3) is 0 Å². The van der Waals surface area contributed by atoms with Crippen LogP contribution in [0.25, 0.3) is 0 Å². The Kier molecular flexibility index (Phi) is 4.18. The summed E-state index contributed by atoms with van der Waals surface area (Å²) in [5.74, 6) is 0.805. The Bertz CT molecular complexity index is 552. The van der Waals surface area contributed by atoms with Crippen LogP contribution in [0.2, 0.25) is 0 Å².